The van der Waals surface area contributed by atoms with Gasteiger partial charge in [-0.1, -0.05) is 12.1 Å². The number of nitrogens with zero attached hydrogens (tertiary/aromatic N) is 1. The molecule has 68 valence electrons. The summed E-state index contributed by atoms with van der Waals surface area (Å²) in [7, 11) is 0. The summed E-state index contributed by atoms with van der Waals surface area (Å²) in [6, 6.07) is 7.94. The fourth-order valence-electron chi connectivity index (χ4n) is 0.880. The van der Waals surface area contributed by atoms with Crippen molar-refractivity contribution < 1.29 is 70.7 Å². The Kier molecular flexibility index (Phi) is 28.1. The quantitative estimate of drug-likeness (QED) is 0.416. The molecule has 0 aliphatic rings. The number of para-hydroxylation sites is 2. The molecule has 15 heavy (non-hydrogen) atoms. The average Bonchev–Trinajstić information content (AvgIpc) is 2.33. The molecule has 1 heterocycles. The largest absolute Gasteiger partial charge is 1.00 e. The van der Waals surface area contributed by atoms with Crippen LogP contribution in [-0.4, -0.2) is 9.97 Å². The van der Waals surface area contributed by atoms with E-state index >= 15 is 0 Å². The van der Waals surface area contributed by atoms with Crippen LogP contribution < -0.4 is 70.7 Å². The molecule has 0 bridgehead atoms. The molecule has 2 rings (SSSR count). The van der Waals surface area contributed by atoms with E-state index in [0.717, 1.165) is 11.0 Å². The summed E-state index contributed by atoms with van der Waals surface area (Å²) in [6.07, 6.45) is 1.70. The first-order valence-electron chi connectivity index (χ1n) is 2.85. The van der Waals surface area contributed by atoms with Gasteiger partial charge in [-0.3, -0.25) is 0 Å². The molecule has 1 aromatic carbocycles. The number of benzene rings is 1. The second kappa shape index (κ2) is 14.3. The summed E-state index contributed by atoms with van der Waals surface area (Å²) in [4.78, 5) is 7.07. The van der Waals surface area contributed by atoms with Gasteiger partial charge in [0.15, 0.2) is 0 Å². The Balaban J connectivity index is -0.0000000556. The normalized spacial score (nSPS) is 6.13. The second-order valence-electron chi connectivity index (χ2n) is 1.92. The van der Waals surface area contributed by atoms with Crippen LogP contribution in [0.25, 0.3) is 11.0 Å². The first-order valence-corrected chi connectivity index (χ1v) is 2.85. The SMILES string of the molecule is [F-].[F-].[F-].[Li+].[Li+].[Li+].c1ccc2[nH]cnc2c1. The van der Waals surface area contributed by atoms with Gasteiger partial charge >= 0.3 is 56.6 Å². The first kappa shape index (κ1) is 29.5. The number of imidazole rings is 1. The minimum absolute atomic E-state index is 0. The van der Waals surface area contributed by atoms with Gasteiger partial charge in [-0.25, -0.2) is 4.98 Å². The van der Waals surface area contributed by atoms with Gasteiger partial charge in [0.1, 0.15) is 0 Å². The summed E-state index contributed by atoms with van der Waals surface area (Å²) >= 11 is 0. The molecule has 0 aliphatic carbocycles. The first-order chi connectivity index (χ1) is 4.47. The van der Waals surface area contributed by atoms with Crippen molar-refractivity contribution in [2.75, 3.05) is 0 Å². The number of hydrogen-bond acceptors (Lipinski definition) is 1. The Morgan fingerprint density at radius 2 is 1.40 bits per heavy atom. The standard InChI is InChI=1S/C7H6N2.3FH.3Li/c1-2-4-7-6(3-1)8-5-9-7;;;;;;/h1-5H,(H,8,9);3*1H;;;/q;;;;3*+1/p-3. The third kappa shape index (κ3) is 7.21. The van der Waals surface area contributed by atoms with Gasteiger partial charge < -0.3 is 19.1 Å². The molecular formula is C7H6F3Li3N2. The van der Waals surface area contributed by atoms with Gasteiger partial charge in [-0.2, -0.15) is 0 Å². The monoisotopic (exact) mass is 196 g/mol. The van der Waals surface area contributed by atoms with Gasteiger partial charge in [-0.15, -0.1) is 0 Å². The Morgan fingerprint density at radius 3 is 1.93 bits per heavy atom. The number of aromatic amines is 1. The zero-order chi connectivity index (χ0) is 6.10. The van der Waals surface area contributed by atoms with Crippen molar-refractivity contribution in [3.63, 3.8) is 0 Å². The fourth-order valence-corrected chi connectivity index (χ4v) is 0.880. The fraction of sp³-hybridized carbons (Fsp3) is 0. The van der Waals surface area contributed by atoms with E-state index < -0.39 is 0 Å². The number of halogens is 3. The Labute approximate surface area is 122 Å². The number of fused-ring (bicyclic) bond motifs is 1. The molecule has 0 fully saturated rings. The molecule has 2 aromatic rings. The number of rotatable bonds is 0. The van der Waals surface area contributed by atoms with Crippen LogP contribution in [0.3, 0.4) is 0 Å². The minimum Gasteiger partial charge on any atom is -1.00 e. The summed E-state index contributed by atoms with van der Waals surface area (Å²) < 4.78 is 0. The number of nitrogens with one attached hydrogen (secondary N) is 1. The number of aromatic nitrogens is 2. The van der Waals surface area contributed by atoms with Crippen LogP contribution in [0.4, 0.5) is 0 Å². The predicted octanol–water partition coefficient (Wildman–Crippen LogP) is -16.4. The van der Waals surface area contributed by atoms with Crippen molar-refractivity contribution >= 4 is 11.0 Å². The molecule has 0 aliphatic heterocycles. The summed E-state index contributed by atoms with van der Waals surface area (Å²) in [6.45, 7) is 0. The summed E-state index contributed by atoms with van der Waals surface area (Å²) in [5, 5.41) is 0. The van der Waals surface area contributed by atoms with Crippen LogP contribution in [0.5, 0.6) is 0 Å². The summed E-state index contributed by atoms with van der Waals surface area (Å²) in [5.41, 5.74) is 2.12. The van der Waals surface area contributed by atoms with E-state index in [2.05, 4.69) is 9.97 Å². The minimum atomic E-state index is 0. The maximum Gasteiger partial charge on any atom is 1.00 e. The van der Waals surface area contributed by atoms with E-state index in [0.29, 0.717) is 0 Å². The smallest absolute Gasteiger partial charge is 1.00 e. The van der Waals surface area contributed by atoms with Crippen molar-refractivity contribution in [2.24, 2.45) is 0 Å². The van der Waals surface area contributed by atoms with Crippen LogP contribution in [0.15, 0.2) is 30.6 Å². The maximum atomic E-state index is 4.06. The third-order valence-electron chi connectivity index (χ3n) is 1.33. The molecular weight excluding hydrogens is 190 g/mol. The van der Waals surface area contributed by atoms with E-state index in [4.69, 9.17) is 0 Å². The molecule has 0 unspecified atom stereocenters. The van der Waals surface area contributed by atoms with E-state index in [1.165, 1.54) is 0 Å². The molecule has 0 radical (unpaired) electrons. The molecule has 0 saturated heterocycles. The predicted molar refractivity (Wildman–Crippen MR) is 36.1 cm³/mol. The maximum absolute atomic E-state index is 4.06. The van der Waals surface area contributed by atoms with Crippen LogP contribution in [0.1, 0.15) is 0 Å². The van der Waals surface area contributed by atoms with E-state index in [1.807, 2.05) is 24.3 Å². The van der Waals surface area contributed by atoms with Crippen molar-refractivity contribution in [1.82, 2.24) is 9.97 Å². The molecule has 0 atom stereocenters. The molecule has 1 aromatic heterocycles. The molecule has 2 nitrogen and oxygen atoms in total. The van der Waals surface area contributed by atoms with Crippen LogP contribution in [0, 0.1) is 0 Å². The van der Waals surface area contributed by atoms with Gasteiger partial charge in [0.25, 0.3) is 0 Å². The van der Waals surface area contributed by atoms with E-state index in [-0.39, 0.29) is 70.7 Å². The number of H-pyrrole nitrogens is 1. The average molecular weight is 196 g/mol. The van der Waals surface area contributed by atoms with Crippen molar-refractivity contribution in [1.29, 1.82) is 0 Å². The molecule has 8 heteroatoms. The molecule has 0 spiro atoms. The Morgan fingerprint density at radius 1 is 0.867 bits per heavy atom. The van der Waals surface area contributed by atoms with Gasteiger partial charge in [-0.05, 0) is 12.1 Å². The zero-order valence-corrected chi connectivity index (χ0v) is 8.97. The number of hydrogen-bond donors (Lipinski definition) is 1. The van der Waals surface area contributed by atoms with E-state index in [1.54, 1.807) is 6.33 Å². The van der Waals surface area contributed by atoms with Crippen molar-refractivity contribution in [3.8, 4) is 0 Å². The molecule has 0 amide bonds. The van der Waals surface area contributed by atoms with Crippen molar-refractivity contribution in [2.45, 2.75) is 0 Å². The Bertz CT molecular complexity index is 301. The van der Waals surface area contributed by atoms with Gasteiger partial charge in [0.2, 0.25) is 0 Å². The van der Waals surface area contributed by atoms with Gasteiger partial charge in [0.05, 0.1) is 17.4 Å². The van der Waals surface area contributed by atoms with E-state index in [9.17, 15) is 0 Å². The molecule has 1 N–H and O–H groups in total. The third-order valence-corrected chi connectivity index (χ3v) is 1.33. The van der Waals surface area contributed by atoms with Crippen LogP contribution >= 0.6 is 0 Å². The summed E-state index contributed by atoms with van der Waals surface area (Å²) in [5.74, 6) is 0. The second-order valence-corrected chi connectivity index (χ2v) is 1.92. The Hall–Kier alpha value is 0.272. The zero-order valence-electron chi connectivity index (χ0n) is 8.97. The van der Waals surface area contributed by atoms with Crippen molar-refractivity contribution in [3.05, 3.63) is 30.6 Å². The topological polar surface area (TPSA) is 28.7 Å². The molecule has 0 saturated carbocycles. The van der Waals surface area contributed by atoms with Crippen LogP contribution in [-0.2, 0) is 0 Å². The van der Waals surface area contributed by atoms with Crippen LogP contribution in [0.2, 0.25) is 0 Å². The van der Waals surface area contributed by atoms with Gasteiger partial charge in [0, 0.05) is 0 Å².